The summed E-state index contributed by atoms with van der Waals surface area (Å²) < 4.78 is 25.8. The monoisotopic (exact) mass is 569 g/mol. The lowest BCUT2D eigenvalue weighted by Crippen LogP contribution is -2.37. The minimum Gasteiger partial charge on any atom is -0.396 e. The van der Waals surface area contributed by atoms with E-state index >= 15 is 0 Å². The zero-order valence-corrected chi connectivity index (χ0v) is 21.2. The Labute approximate surface area is 219 Å². The molecule has 0 saturated heterocycles. The number of nitrogens with one attached hydrogen (secondary N) is 1. The van der Waals surface area contributed by atoms with E-state index in [4.69, 9.17) is 14.8 Å². The molecule has 0 bridgehead atoms. The van der Waals surface area contributed by atoms with Crippen LogP contribution >= 0.6 is 7.82 Å². The van der Waals surface area contributed by atoms with Crippen LogP contribution in [-0.4, -0.2) is 92.0 Å². The van der Waals surface area contributed by atoms with Crippen LogP contribution < -0.4 is 17.0 Å². The van der Waals surface area contributed by atoms with Gasteiger partial charge < -0.3 is 35.6 Å². The highest BCUT2D eigenvalue weighted by Gasteiger charge is 2.49. The Morgan fingerprint density at radius 1 is 1.05 bits per heavy atom. The first kappa shape index (κ1) is 27.5. The number of nitrogens with zero attached hydrogens (tertiary/aromatic N) is 5. The molecule has 3 aromatic heterocycles. The third-order valence-electron chi connectivity index (χ3n) is 7.41. The van der Waals surface area contributed by atoms with Crippen LogP contribution in [0, 0.1) is 11.8 Å². The molecule has 0 aliphatic heterocycles. The minimum atomic E-state index is -4.85. The molecular weight excluding hydrogens is 541 g/mol. The van der Waals surface area contributed by atoms with Crippen molar-refractivity contribution in [2.75, 3.05) is 18.9 Å². The molecule has 17 nitrogen and oxygen atoms in total. The molecule has 3 heterocycles. The molecule has 2 aliphatic carbocycles. The smallest absolute Gasteiger partial charge is 0.396 e. The van der Waals surface area contributed by atoms with Gasteiger partial charge in [0.15, 0.2) is 11.5 Å². The molecular formula is C21H28N7O10P. The number of aliphatic hydroxyl groups excluding tert-OH is 4. The van der Waals surface area contributed by atoms with Crippen molar-refractivity contribution in [3.8, 4) is 0 Å². The molecule has 2 aliphatic rings. The van der Waals surface area contributed by atoms with Crippen LogP contribution in [0.5, 0.6) is 0 Å². The third-order valence-corrected chi connectivity index (χ3v) is 8.39. The van der Waals surface area contributed by atoms with Crippen LogP contribution in [0.3, 0.4) is 0 Å². The van der Waals surface area contributed by atoms with Crippen LogP contribution in [0.25, 0.3) is 11.2 Å². The number of hydrogen-bond donors (Lipinski definition) is 7. The largest absolute Gasteiger partial charge is 0.472 e. The number of aromatic amines is 1. The highest BCUT2D eigenvalue weighted by atomic mass is 31.2. The molecule has 0 amide bonds. The number of aromatic nitrogens is 6. The second-order valence-electron chi connectivity index (χ2n) is 9.72. The van der Waals surface area contributed by atoms with E-state index in [9.17, 15) is 39.5 Å². The standard InChI is InChI=1S/C21H28N7O10P/c22-19-14-20(24-7-23-19)28(8-25-14)12-3-9(5-29)18(17(12)33)38-39(35,36)37-6-10-4-11(16(32)15(10)31)27-2-1-13(30)26-21(27)34/h1-2,7-12,15-18,29,31-33H,3-6H2,(H,35,36)(H2,22,23,24)(H,26,30,34)/t9-,10-,11-,12-,15-,16+,17+,18-/m1/s1. The van der Waals surface area contributed by atoms with E-state index in [0.29, 0.717) is 11.2 Å². The van der Waals surface area contributed by atoms with Gasteiger partial charge in [-0.25, -0.2) is 24.3 Å². The van der Waals surface area contributed by atoms with Gasteiger partial charge in [0, 0.05) is 30.7 Å². The highest BCUT2D eigenvalue weighted by Crippen LogP contribution is 2.51. The number of rotatable bonds is 8. The molecule has 0 spiro atoms. The SMILES string of the molecule is Nc1ncnc2c1ncn2[C@@H]1C[C@H](CO)[C@@H](OP(=O)(O)OC[C@H]2C[C@@H](n3ccc(=O)[nH]c3=O)[C@H](O)[C@@H]2O)[C@H]1O. The average molecular weight is 569 g/mol. The summed E-state index contributed by atoms with van der Waals surface area (Å²) in [6.07, 6.45) is -1.55. The van der Waals surface area contributed by atoms with E-state index in [-0.39, 0.29) is 18.7 Å². The maximum Gasteiger partial charge on any atom is 0.472 e. The summed E-state index contributed by atoms with van der Waals surface area (Å²) in [4.78, 5) is 48.1. The predicted molar refractivity (Wildman–Crippen MR) is 131 cm³/mol. The van der Waals surface area contributed by atoms with Crippen LogP contribution in [0.4, 0.5) is 5.82 Å². The summed E-state index contributed by atoms with van der Waals surface area (Å²) in [6, 6.07) is -0.558. The highest BCUT2D eigenvalue weighted by molar-refractivity contribution is 7.47. The number of imidazole rings is 1. The first-order valence-corrected chi connectivity index (χ1v) is 13.6. The molecule has 8 N–H and O–H groups in total. The first-order chi connectivity index (χ1) is 18.5. The lowest BCUT2D eigenvalue weighted by molar-refractivity contribution is -0.0230. The Morgan fingerprint density at radius 2 is 1.77 bits per heavy atom. The summed E-state index contributed by atoms with van der Waals surface area (Å²) in [6.45, 7) is -0.996. The van der Waals surface area contributed by atoms with Gasteiger partial charge in [-0.05, 0) is 12.8 Å². The van der Waals surface area contributed by atoms with Gasteiger partial charge >= 0.3 is 13.5 Å². The Bertz CT molecular complexity index is 1510. The summed E-state index contributed by atoms with van der Waals surface area (Å²) >= 11 is 0. The number of aliphatic hydroxyl groups is 4. The normalized spacial score (nSPS) is 32.5. The van der Waals surface area contributed by atoms with E-state index in [0.717, 1.165) is 10.6 Å². The summed E-state index contributed by atoms with van der Waals surface area (Å²) in [7, 11) is -4.85. The van der Waals surface area contributed by atoms with Crippen molar-refractivity contribution < 1.29 is 38.9 Å². The molecule has 1 unspecified atom stereocenters. The maximum atomic E-state index is 12.8. The van der Waals surface area contributed by atoms with Gasteiger partial charge in [-0.15, -0.1) is 0 Å². The number of nitrogen functional groups attached to an aromatic ring is 1. The third kappa shape index (κ3) is 5.15. The van der Waals surface area contributed by atoms with E-state index in [1.165, 1.54) is 23.4 Å². The van der Waals surface area contributed by atoms with Gasteiger partial charge in [0.05, 0.1) is 31.1 Å². The van der Waals surface area contributed by atoms with Crippen molar-refractivity contribution in [3.05, 3.63) is 45.8 Å². The Morgan fingerprint density at radius 3 is 2.49 bits per heavy atom. The van der Waals surface area contributed by atoms with Crippen LogP contribution in [0.15, 0.2) is 34.5 Å². The maximum absolute atomic E-state index is 12.8. The molecule has 39 heavy (non-hydrogen) atoms. The van der Waals surface area contributed by atoms with Crippen molar-refractivity contribution in [1.29, 1.82) is 0 Å². The predicted octanol–water partition coefficient (Wildman–Crippen LogP) is -2.34. The lowest BCUT2D eigenvalue weighted by atomic mass is 10.1. The Balaban J connectivity index is 1.26. The van der Waals surface area contributed by atoms with Crippen molar-refractivity contribution in [1.82, 2.24) is 29.1 Å². The average Bonchev–Trinajstić information content (AvgIpc) is 3.53. The summed E-state index contributed by atoms with van der Waals surface area (Å²) in [5.41, 5.74) is 5.05. The number of nitrogens with two attached hydrogens (primary N) is 1. The second-order valence-corrected chi connectivity index (χ2v) is 11.1. The van der Waals surface area contributed by atoms with E-state index in [1.807, 2.05) is 0 Å². The molecule has 2 saturated carbocycles. The zero-order chi connectivity index (χ0) is 28.1. The van der Waals surface area contributed by atoms with Crippen molar-refractivity contribution in [3.63, 3.8) is 0 Å². The fraction of sp³-hybridized carbons (Fsp3) is 0.571. The van der Waals surface area contributed by atoms with Gasteiger partial charge in [-0.3, -0.25) is 23.4 Å². The van der Waals surface area contributed by atoms with Crippen molar-refractivity contribution >= 4 is 24.8 Å². The second kappa shape index (κ2) is 10.5. The van der Waals surface area contributed by atoms with Crippen molar-refractivity contribution in [2.24, 2.45) is 11.8 Å². The molecule has 0 radical (unpaired) electrons. The first-order valence-electron chi connectivity index (χ1n) is 12.1. The molecule has 0 aromatic carbocycles. The molecule has 2 fully saturated rings. The number of hydrogen-bond acceptors (Lipinski definition) is 13. The molecule has 9 atom stereocenters. The van der Waals surface area contributed by atoms with Gasteiger partial charge in [0.1, 0.15) is 30.2 Å². The molecule has 5 rings (SSSR count). The zero-order valence-electron chi connectivity index (χ0n) is 20.3. The molecule has 212 valence electrons. The van der Waals surface area contributed by atoms with Gasteiger partial charge in [0.25, 0.3) is 5.56 Å². The number of anilines is 1. The lowest BCUT2D eigenvalue weighted by Gasteiger charge is -2.25. The number of phosphoric ester groups is 1. The quantitative estimate of drug-likeness (QED) is 0.140. The van der Waals surface area contributed by atoms with E-state index < -0.39 is 80.6 Å². The number of H-pyrrole nitrogens is 1. The summed E-state index contributed by atoms with van der Waals surface area (Å²) in [5.74, 6) is -1.48. The Kier molecular flexibility index (Phi) is 7.43. The Hall–Kier alpha value is -3.02. The minimum absolute atomic E-state index is 0.0135. The van der Waals surface area contributed by atoms with Gasteiger partial charge in [-0.1, -0.05) is 0 Å². The van der Waals surface area contributed by atoms with Gasteiger partial charge in [0.2, 0.25) is 0 Å². The van der Waals surface area contributed by atoms with Crippen LogP contribution in [0.2, 0.25) is 0 Å². The number of fused-ring (bicyclic) bond motifs is 1. The number of phosphoric acid groups is 1. The van der Waals surface area contributed by atoms with E-state index in [2.05, 4.69) is 19.9 Å². The summed E-state index contributed by atoms with van der Waals surface area (Å²) in [5, 5.41) is 41.8. The molecule has 18 heteroatoms. The van der Waals surface area contributed by atoms with E-state index in [1.54, 1.807) is 0 Å². The fourth-order valence-electron chi connectivity index (χ4n) is 5.40. The van der Waals surface area contributed by atoms with Crippen LogP contribution in [-0.2, 0) is 13.6 Å². The topological polar surface area (TPSA) is 261 Å². The molecule has 3 aromatic rings. The van der Waals surface area contributed by atoms with Gasteiger partial charge in [-0.2, -0.15) is 0 Å². The van der Waals surface area contributed by atoms with Crippen LogP contribution in [0.1, 0.15) is 24.9 Å². The van der Waals surface area contributed by atoms with Crippen molar-refractivity contribution in [2.45, 2.75) is 49.3 Å². The fourth-order valence-corrected chi connectivity index (χ4v) is 6.45.